The molecule has 0 fully saturated rings. The summed E-state index contributed by atoms with van der Waals surface area (Å²) in [4.78, 5) is 13.1. The number of nitrogens with zero attached hydrogens (tertiary/aromatic N) is 1. The van der Waals surface area contributed by atoms with E-state index in [2.05, 4.69) is 0 Å². The van der Waals surface area contributed by atoms with E-state index in [0.717, 1.165) is 17.9 Å². The molecule has 0 aliphatic rings. The fourth-order valence-corrected chi connectivity index (χ4v) is 1.46. The van der Waals surface area contributed by atoms with Crippen molar-refractivity contribution in [1.82, 2.24) is 4.90 Å². The first-order valence-electron chi connectivity index (χ1n) is 4.98. The number of halogens is 1. The van der Waals surface area contributed by atoms with Crippen LogP contribution in [-0.2, 0) is 11.2 Å². The van der Waals surface area contributed by atoms with Crippen molar-refractivity contribution in [2.45, 2.75) is 19.8 Å². The molecule has 0 spiro atoms. The predicted octanol–water partition coefficient (Wildman–Crippen LogP) is 2.22. The predicted molar refractivity (Wildman–Crippen MR) is 60.1 cm³/mol. The Bertz CT molecular complexity index is 322. The van der Waals surface area contributed by atoms with Crippen molar-refractivity contribution in [3.8, 4) is 0 Å². The van der Waals surface area contributed by atoms with Crippen LogP contribution in [-0.4, -0.2) is 30.3 Å². The zero-order valence-electron chi connectivity index (χ0n) is 9.12. The van der Waals surface area contributed by atoms with Crippen LogP contribution in [0.5, 0.6) is 0 Å². The quantitative estimate of drug-likeness (QED) is 0.726. The van der Waals surface area contributed by atoms with Crippen LogP contribution in [0.1, 0.15) is 17.9 Å². The van der Waals surface area contributed by atoms with Gasteiger partial charge in [-0.2, -0.15) is 0 Å². The average molecular weight is 230 g/mol. The topological polar surface area (TPSA) is 33.5 Å². The second-order valence-electron chi connectivity index (χ2n) is 3.52. The van der Waals surface area contributed by atoms with Crippen molar-refractivity contribution in [2.75, 3.05) is 19.5 Å². The first-order chi connectivity index (χ1) is 7.13. The van der Waals surface area contributed by atoms with Crippen LogP contribution in [0.3, 0.4) is 0 Å². The summed E-state index contributed by atoms with van der Waals surface area (Å²) in [5, 5.41) is 0. The van der Waals surface area contributed by atoms with Gasteiger partial charge in [-0.05, 0) is 19.1 Å². The SMILES string of the molecule is Cc1ccc(CCN(C)C(=O)CCCl)o1. The zero-order valence-corrected chi connectivity index (χ0v) is 9.88. The zero-order chi connectivity index (χ0) is 11.3. The number of aryl methyl sites for hydroxylation is 1. The lowest BCUT2D eigenvalue weighted by atomic mass is 10.3. The van der Waals surface area contributed by atoms with Crippen LogP contribution in [0.2, 0.25) is 0 Å². The molecule has 3 nitrogen and oxygen atoms in total. The third kappa shape index (κ3) is 3.96. The second kappa shape index (κ2) is 5.81. The molecule has 15 heavy (non-hydrogen) atoms. The molecule has 84 valence electrons. The molecular weight excluding hydrogens is 214 g/mol. The number of hydrogen-bond acceptors (Lipinski definition) is 2. The van der Waals surface area contributed by atoms with Gasteiger partial charge in [-0.1, -0.05) is 0 Å². The Kier molecular flexibility index (Phi) is 4.69. The monoisotopic (exact) mass is 229 g/mol. The highest BCUT2D eigenvalue weighted by atomic mass is 35.5. The van der Waals surface area contributed by atoms with Crippen molar-refractivity contribution in [3.63, 3.8) is 0 Å². The number of amides is 1. The standard InChI is InChI=1S/C11H16ClNO2/c1-9-3-4-10(15-9)6-8-13(2)11(14)5-7-12/h3-4H,5-8H2,1-2H3. The van der Waals surface area contributed by atoms with E-state index in [1.54, 1.807) is 11.9 Å². The molecule has 0 saturated heterocycles. The van der Waals surface area contributed by atoms with Crippen LogP contribution in [0.15, 0.2) is 16.5 Å². The molecule has 1 amide bonds. The smallest absolute Gasteiger partial charge is 0.223 e. The van der Waals surface area contributed by atoms with Gasteiger partial charge in [0.05, 0.1) is 0 Å². The lowest BCUT2D eigenvalue weighted by Crippen LogP contribution is -2.28. The molecule has 4 heteroatoms. The maximum Gasteiger partial charge on any atom is 0.223 e. The van der Waals surface area contributed by atoms with Gasteiger partial charge in [-0.15, -0.1) is 11.6 Å². The highest BCUT2D eigenvalue weighted by molar-refractivity contribution is 6.18. The van der Waals surface area contributed by atoms with Crippen molar-refractivity contribution in [1.29, 1.82) is 0 Å². The minimum atomic E-state index is 0.0771. The number of likely N-dealkylation sites (N-methyl/N-ethyl adjacent to an activating group) is 1. The van der Waals surface area contributed by atoms with Crippen LogP contribution >= 0.6 is 11.6 Å². The minimum Gasteiger partial charge on any atom is -0.466 e. The fraction of sp³-hybridized carbons (Fsp3) is 0.545. The third-order valence-electron chi connectivity index (χ3n) is 2.22. The maximum atomic E-state index is 11.4. The first kappa shape index (κ1) is 12.1. The lowest BCUT2D eigenvalue weighted by Gasteiger charge is -2.15. The molecule has 1 rings (SSSR count). The van der Waals surface area contributed by atoms with E-state index in [1.165, 1.54) is 0 Å². The van der Waals surface area contributed by atoms with Gasteiger partial charge >= 0.3 is 0 Å². The van der Waals surface area contributed by atoms with Gasteiger partial charge in [-0.3, -0.25) is 4.79 Å². The molecule has 0 aromatic carbocycles. The average Bonchev–Trinajstić information content (AvgIpc) is 2.61. The molecule has 0 atom stereocenters. The molecule has 0 unspecified atom stereocenters. The van der Waals surface area contributed by atoms with Gasteiger partial charge in [0.2, 0.25) is 5.91 Å². The summed E-state index contributed by atoms with van der Waals surface area (Å²) in [7, 11) is 1.78. The Balaban J connectivity index is 2.33. The van der Waals surface area contributed by atoms with Gasteiger partial charge in [-0.25, -0.2) is 0 Å². The second-order valence-corrected chi connectivity index (χ2v) is 3.89. The van der Waals surface area contributed by atoms with E-state index in [-0.39, 0.29) is 5.91 Å². The van der Waals surface area contributed by atoms with Gasteiger partial charge in [0.15, 0.2) is 0 Å². The largest absolute Gasteiger partial charge is 0.466 e. The Morgan fingerprint density at radius 3 is 2.80 bits per heavy atom. The van der Waals surface area contributed by atoms with E-state index < -0.39 is 0 Å². The molecule has 1 heterocycles. The van der Waals surface area contributed by atoms with Gasteiger partial charge in [0, 0.05) is 32.3 Å². The molecule has 0 radical (unpaired) electrons. The highest BCUT2D eigenvalue weighted by Crippen LogP contribution is 2.07. The third-order valence-corrected chi connectivity index (χ3v) is 2.41. The summed E-state index contributed by atoms with van der Waals surface area (Å²) in [6.07, 6.45) is 1.15. The lowest BCUT2D eigenvalue weighted by molar-refractivity contribution is -0.129. The van der Waals surface area contributed by atoms with Crippen LogP contribution < -0.4 is 0 Å². The molecule has 1 aromatic rings. The van der Waals surface area contributed by atoms with Crippen LogP contribution in [0.4, 0.5) is 0 Å². The number of rotatable bonds is 5. The number of hydrogen-bond donors (Lipinski definition) is 0. The van der Waals surface area contributed by atoms with E-state index in [0.29, 0.717) is 18.8 Å². The van der Waals surface area contributed by atoms with Crippen LogP contribution in [0.25, 0.3) is 0 Å². The summed E-state index contributed by atoms with van der Waals surface area (Å²) in [5.74, 6) is 2.27. The number of furan rings is 1. The molecule has 0 aliphatic carbocycles. The Morgan fingerprint density at radius 1 is 1.53 bits per heavy atom. The Labute approximate surface area is 95.0 Å². The Morgan fingerprint density at radius 2 is 2.27 bits per heavy atom. The molecular formula is C11H16ClNO2. The van der Waals surface area contributed by atoms with Gasteiger partial charge in [0.1, 0.15) is 11.5 Å². The maximum absolute atomic E-state index is 11.4. The van der Waals surface area contributed by atoms with E-state index >= 15 is 0 Å². The summed E-state index contributed by atoms with van der Waals surface area (Å²) in [6.45, 7) is 2.58. The van der Waals surface area contributed by atoms with Crippen molar-refractivity contribution >= 4 is 17.5 Å². The molecule has 0 saturated carbocycles. The Hall–Kier alpha value is -0.960. The van der Waals surface area contributed by atoms with E-state index in [4.69, 9.17) is 16.0 Å². The molecule has 0 bridgehead atoms. The highest BCUT2D eigenvalue weighted by Gasteiger charge is 2.08. The molecule has 1 aromatic heterocycles. The molecule has 0 N–H and O–H groups in total. The first-order valence-corrected chi connectivity index (χ1v) is 5.52. The van der Waals surface area contributed by atoms with Gasteiger partial charge in [0.25, 0.3) is 0 Å². The van der Waals surface area contributed by atoms with Gasteiger partial charge < -0.3 is 9.32 Å². The fourth-order valence-electron chi connectivity index (χ4n) is 1.29. The molecule has 0 aliphatic heterocycles. The number of alkyl halides is 1. The normalized spacial score (nSPS) is 10.3. The van der Waals surface area contributed by atoms with Crippen molar-refractivity contribution in [2.24, 2.45) is 0 Å². The summed E-state index contributed by atoms with van der Waals surface area (Å²) in [6, 6.07) is 3.87. The van der Waals surface area contributed by atoms with Crippen LogP contribution in [0, 0.1) is 6.92 Å². The summed E-state index contributed by atoms with van der Waals surface area (Å²) < 4.78 is 5.41. The summed E-state index contributed by atoms with van der Waals surface area (Å²) >= 11 is 5.49. The van der Waals surface area contributed by atoms with Crippen molar-refractivity contribution < 1.29 is 9.21 Å². The number of carbonyl (C=O) groups excluding carboxylic acids is 1. The van der Waals surface area contributed by atoms with Crippen molar-refractivity contribution in [3.05, 3.63) is 23.7 Å². The summed E-state index contributed by atoms with van der Waals surface area (Å²) in [5.41, 5.74) is 0. The number of carbonyl (C=O) groups is 1. The van der Waals surface area contributed by atoms with E-state index in [9.17, 15) is 4.79 Å². The minimum absolute atomic E-state index is 0.0771. The van der Waals surface area contributed by atoms with E-state index in [1.807, 2.05) is 19.1 Å².